The van der Waals surface area contributed by atoms with Gasteiger partial charge in [0.2, 0.25) is 0 Å². The van der Waals surface area contributed by atoms with Gasteiger partial charge in [0.25, 0.3) is 16.0 Å². The zero-order valence-electron chi connectivity index (χ0n) is 24.5. The number of para-hydroxylation sites is 1. The summed E-state index contributed by atoms with van der Waals surface area (Å²) < 4.78 is 29.6. The van der Waals surface area contributed by atoms with Crippen molar-refractivity contribution in [3.8, 4) is 0 Å². The number of hydrogen-bond donors (Lipinski definition) is 4. The molecule has 1 aliphatic rings. The molecule has 12 nitrogen and oxygen atoms in total. The van der Waals surface area contributed by atoms with Gasteiger partial charge in [0, 0.05) is 38.8 Å². The standard InChI is InChI=1S/C22H26ClN7O2S.C7H8O3S/c1-14-4-3-5-16(23)20(14)28-21(32)17-13-24-22(33-17)27-18-12-19(26-15(2)25-18)30-8-6-29(7-9-30)10-11-31;1-6-2-4-7(5-3-6)11(8,9)10/h3-5,12-13,31H,6-11H2,1-2H3,(H,28,32)(H,24,25,26,27);2-5H,1H3,(H,8,9,10). The van der Waals surface area contributed by atoms with Crippen molar-refractivity contribution in [3.05, 3.63) is 81.6 Å². The average molecular weight is 660 g/mol. The number of carbonyl (C=O) groups excluding carboxylic acids is 1. The van der Waals surface area contributed by atoms with Crippen LogP contribution in [0.4, 0.5) is 22.5 Å². The smallest absolute Gasteiger partial charge is 0.294 e. The Morgan fingerprint density at radius 3 is 2.39 bits per heavy atom. The fraction of sp³-hybridized carbons (Fsp3) is 0.310. The third-order valence-corrected chi connectivity index (χ3v) is 8.78. The number of nitrogens with zero attached hydrogens (tertiary/aromatic N) is 5. The van der Waals surface area contributed by atoms with Crippen molar-refractivity contribution in [1.82, 2.24) is 19.9 Å². The van der Waals surface area contributed by atoms with Crippen molar-refractivity contribution in [3.63, 3.8) is 0 Å². The van der Waals surface area contributed by atoms with Gasteiger partial charge in [0.05, 0.1) is 28.4 Å². The van der Waals surface area contributed by atoms with E-state index in [1.54, 1.807) is 18.2 Å². The molecule has 0 aliphatic carbocycles. The first-order valence-corrected chi connectivity index (χ1v) is 16.3. The number of rotatable bonds is 8. The molecule has 44 heavy (non-hydrogen) atoms. The number of aliphatic hydroxyl groups excluding tert-OH is 1. The molecule has 4 aromatic rings. The molecular weight excluding hydrogens is 626 g/mol. The molecule has 1 amide bonds. The Labute approximate surface area is 265 Å². The van der Waals surface area contributed by atoms with Crippen molar-refractivity contribution in [1.29, 1.82) is 0 Å². The normalized spacial score (nSPS) is 13.6. The summed E-state index contributed by atoms with van der Waals surface area (Å²) in [5.41, 5.74) is 2.44. The summed E-state index contributed by atoms with van der Waals surface area (Å²) in [6.07, 6.45) is 1.53. The van der Waals surface area contributed by atoms with E-state index in [4.69, 9.17) is 21.3 Å². The lowest BCUT2D eigenvalue weighted by molar-refractivity contribution is 0.103. The van der Waals surface area contributed by atoms with E-state index < -0.39 is 10.1 Å². The largest absolute Gasteiger partial charge is 0.395 e. The molecule has 15 heteroatoms. The van der Waals surface area contributed by atoms with Crippen molar-refractivity contribution in [2.24, 2.45) is 0 Å². The van der Waals surface area contributed by atoms with Gasteiger partial charge in [-0.3, -0.25) is 14.2 Å². The highest BCUT2D eigenvalue weighted by Gasteiger charge is 2.19. The Morgan fingerprint density at radius 2 is 1.75 bits per heavy atom. The number of carbonyl (C=O) groups is 1. The number of β-amino-alcohol motifs (C(OH)–C–C–N with tert-alkyl or cyclic N) is 1. The van der Waals surface area contributed by atoms with Crippen LogP contribution in [0.5, 0.6) is 0 Å². The fourth-order valence-corrected chi connectivity index (χ4v) is 5.81. The maximum absolute atomic E-state index is 12.7. The lowest BCUT2D eigenvalue weighted by Crippen LogP contribution is -2.47. The van der Waals surface area contributed by atoms with Crippen LogP contribution in [-0.4, -0.2) is 83.2 Å². The first-order chi connectivity index (χ1) is 20.9. The number of aromatic nitrogens is 3. The van der Waals surface area contributed by atoms with E-state index in [0.717, 1.165) is 43.1 Å². The SMILES string of the molecule is Cc1ccc(S(=O)(=O)O)cc1.Cc1nc(Nc2ncc(C(=O)Nc3c(C)cccc3Cl)s2)cc(N2CCN(CCO)CC2)n1. The minimum atomic E-state index is -4.02. The summed E-state index contributed by atoms with van der Waals surface area (Å²) in [7, 11) is -4.02. The van der Waals surface area contributed by atoms with Crippen LogP contribution in [0, 0.1) is 20.8 Å². The third-order valence-electron chi connectivity index (χ3n) is 6.68. The van der Waals surface area contributed by atoms with Crippen LogP contribution in [0.15, 0.2) is 59.6 Å². The maximum atomic E-state index is 12.7. The van der Waals surface area contributed by atoms with Crippen LogP contribution in [-0.2, 0) is 10.1 Å². The van der Waals surface area contributed by atoms with Gasteiger partial charge in [0.1, 0.15) is 22.3 Å². The number of anilines is 4. The lowest BCUT2D eigenvalue weighted by atomic mass is 10.2. The summed E-state index contributed by atoms with van der Waals surface area (Å²) in [6, 6.07) is 13.4. The van der Waals surface area contributed by atoms with E-state index in [9.17, 15) is 13.2 Å². The Kier molecular flexibility index (Phi) is 11.2. The van der Waals surface area contributed by atoms with Crippen LogP contribution >= 0.6 is 22.9 Å². The Morgan fingerprint density at radius 1 is 1.05 bits per heavy atom. The minimum absolute atomic E-state index is 0.0666. The molecule has 4 N–H and O–H groups in total. The number of nitrogens with one attached hydrogen (secondary N) is 2. The van der Waals surface area contributed by atoms with E-state index in [-0.39, 0.29) is 17.4 Å². The fourth-order valence-electron chi connectivity index (χ4n) is 4.34. The number of amides is 1. The van der Waals surface area contributed by atoms with Gasteiger partial charge in [-0.1, -0.05) is 52.8 Å². The second-order valence-electron chi connectivity index (χ2n) is 10.0. The Balaban J connectivity index is 0.000000339. The molecule has 0 bridgehead atoms. The molecule has 0 unspecified atom stereocenters. The Bertz CT molecular complexity index is 1670. The molecule has 2 aromatic heterocycles. The predicted molar refractivity (Wildman–Crippen MR) is 173 cm³/mol. The second-order valence-corrected chi connectivity index (χ2v) is 12.9. The van der Waals surface area contributed by atoms with Crippen LogP contribution in [0.2, 0.25) is 5.02 Å². The monoisotopic (exact) mass is 659 g/mol. The number of hydrogen-bond acceptors (Lipinski definition) is 11. The predicted octanol–water partition coefficient (Wildman–Crippen LogP) is 4.56. The van der Waals surface area contributed by atoms with Gasteiger partial charge in [0.15, 0.2) is 5.13 Å². The topological polar surface area (TPSA) is 161 Å². The molecule has 1 saturated heterocycles. The molecular formula is C29H34ClN7O5S2. The number of halogens is 1. The van der Waals surface area contributed by atoms with Crippen LogP contribution in [0.3, 0.4) is 0 Å². The quantitative estimate of drug-likeness (QED) is 0.196. The molecule has 1 aliphatic heterocycles. The van der Waals surface area contributed by atoms with Crippen molar-refractivity contribution in [2.75, 3.05) is 54.9 Å². The van der Waals surface area contributed by atoms with Gasteiger partial charge < -0.3 is 20.6 Å². The molecule has 0 spiro atoms. The molecule has 5 rings (SSSR count). The van der Waals surface area contributed by atoms with E-state index >= 15 is 0 Å². The summed E-state index contributed by atoms with van der Waals surface area (Å²) in [5.74, 6) is 1.85. The lowest BCUT2D eigenvalue weighted by Gasteiger charge is -2.35. The number of piperazine rings is 1. The number of aryl methyl sites for hydroxylation is 3. The van der Waals surface area contributed by atoms with E-state index in [1.165, 1.54) is 29.7 Å². The first-order valence-electron chi connectivity index (χ1n) is 13.7. The first kappa shape index (κ1) is 33.2. The average Bonchev–Trinajstić information content (AvgIpc) is 3.44. The van der Waals surface area contributed by atoms with Crippen LogP contribution < -0.4 is 15.5 Å². The van der Waals surface area contributed by atoms with Gasteiger partial charge >= 0.3 is 0 Å². The number of thiazole rings is 1. The minimum Gasteiger partial charge on any atom is -0.395 e. The van der Waals surface area contributed by atoms with Gasteiger partial charge in [-0.2, -0.15) is 8.42 Å². The van der Waals surface area contributed by atoms with Crippen LogP contribution in [0.25, 0.3) is 0 Å². The van der Waals surface area contributed by atoms with E-state index in [2.05, 4.69) is 35.4 Å². The van der Waals surface area contributed by atoms with E-state index in [1.807, 2.05) is 39.0 Å². The number of aliphatic hydroxyl groups is 1. The summed E-state index contributed by atoms with van der Waals surface area (Å²) >= 11 is 7.46. The summed E-state index contributed by atoms with van der Waals surface area (Å²) in [6.45, 7) is 9.87. The molecule has 3 heterocycles. The molecule has 2 aromatic carbocycles. The third kappa shape index (κ3) is 9.17. The highest BCUT2D eigenvalue weighted by atomic mass is 35.5. The highest BCUT2D eigenvalue weighted by Crippen LogP contribution is 2.28. The van der Waals surface area contributed by atoms with Gasteiger partial charge in [-0.25, -0.2) is 15.0 Å². The molecule has 0 atom stereocenters. The maximum Gasteiger partial charge on any atom is 0.294 e. The number of benzene rings is 2. The van der Waals surface area contributed by atoms with Crippen molar-refractivity contribution in [2.45, 2.75) is 25.7 Å². The zero-order valence-corrected chi connectivity index (χ0v) is 26.9. The Hall–Kier alpha value is -3.66. The van der Waals surface area contributed by atoms with Crippen molar-refractivity contribution >= 4 is 61.4 Å². The van der Waals surface area contributed by atoms with Crippen LogP contribution in [0.1, 0.15) is 26.6 Å². The van der Waals surface area contributed by atoms with Gasteiger partial charge in [-0.05, 0) is 44.5 Å². The highest BCUT2D eigenvalue weighted by molar-refractivity contribution is 7.85. The van der Waals surface area contributed by atoms with Gasteiger partial charge in [-0.15, -0.1) is 0 Å². The summed E-state index contributed by atoms with van der Waals surface area (Å²) in [4.78, 5) is 30.9. The summed E-state index contributed by atoms with van der Waals surface area (Å²) in [5, 5.41) is 16.2. The molecule has 1 fully saturated rings. The molecule has 0 saturated carbocycles. The zero-order chi connectivity index (χ0) is 31.9. The van der Waals surface area contributed by atoms with E-state index in [0.29, 0.717) is 38.9 Å². The van der Waals surface area contributed by atoms with Crippen molar-refractivity contribution < 1.29 is 22.9 Å². The second kappa shape index (κ2) is 14.9. The molecule has 0 radical (unpaired) electrons. The molecule has 234 valence electrons.